The van der Waals surface area contributed by atoms with Crippen LogP contribution in [0.2, 0.25) is 0 Å². The van der Waals surface area contributed by atoms with Crippen LogP contribution < -0.4 is 10.1 Å². The standard InChI is InChI=1S/C31H38N2O3S/c1-5-24(3)32-31(35)29(19-25-12-7-6-8-13-25)33(20-26-14-10-16-28(18-26)36-4)30(34)22-37-21-27-15-9-11-23(2)17-27/h6-18,24,29H,5,19-22H2,1-4H3,(H,32,35)/t24-,29-/m1/s1. The summed E-state index contributed by atoms with van der Waals surface area (Å²) in [5.41, 5.74) is 4.33. The van der Waals surface area contributed by atoms with Gasteiger partial charge in [-0.15, -0.1) is 11.8 Å². The molecule has 0 aromatic heterocycles. The molecule has 2 amide bonds. The molecule has 3 rings (SSSR count). The highest BCUT2D eigenvalue weighted by molar-refractivity contribution is 7.99. The third-order valence-electron chi connectivity index (χ3n) is 6.34. The van der Waals surface area contributed by atoms with Gasteiger partial charge in [0.2, 0.25) is 11.8 Å². The van der Waals surface area contributed by atoms with E-state index in [-0.39, 0.29) is 17.9 Å². The first kappa shape index (κ1) is 28.3. The molecule has 3 aromatic carbocycles. The number of rotatable bonds is 13. The van der Waals surface area contributed by atoms with Crippen molar-refractivity contribution in [2.45, 2.75) is 58.0 Å². The van der Waals surface area contributed by atoms with E-state index >= 15 is 0 Å². The normalized spacial score (nSPS) is 12.4. The first-order chi connectivity index (χ1) is 17.9. The van der Waals surface area contributed by atoms with E-state index in [4.69, 9.17) is 4.74 Å². The molecule has 2 atom stereocenters. The number of carbonyl (C=O) groups is 2. The van der Waals surface area contributed by atoms with Crippen LogP contribution >= 0.6 is 11.8 Å². The predicted octanol–water partition coefficient (Wildman–Crippen LogP) is 5.79. The van der Waals surface area contributed by atoms with Crippen LogP contribution in [0, 0.1) is 6.92 Å². The Morgan fingerprint density at radius 3 is 2.35 bits per heavy atom. The molecule has 196 valence electrons. The molecule has 0 radical (unpaired) electrons. The zero-order valence-corrected chi connectivity index (χ0v) is 23.1. The Hall–Kier alpha value is -3.25. The number of benzene rings is 3. The third kappa shape index (κ3) is 8.97. The molecule has 37 heavy (non-hydrogen) atoms. The monoisotopic (exact) mass is 518 g/mol. The maximum atomic E-state index is 13.7. The average Bonchev–Trinajstić information content (AvgIpc) is 2.91. The van der Waals surface area contributed by atoms with Gasteiger partial charge in [-0.1, -0.05) is 79.2 Å². The van der Waals surface area contributed by atoms with Gasteiger partial charge in [0.25, 0.3) is 0 Å². The molecule has 0 heterocycles. The van der Waals surface area contributed by atoms with Crippen molar-refractivity contribution in [2.24, 2.45) is 0 Å². The Labute approximate surface area is 225 Å². The van der Waals surface area contributed by atoms with Gasteiger partial charge in [0.1, 0.15) is 11.8 Å². The number of aryl methyl sites for hydroxylation is 1. The van der Waals surface area contributed by atoms with Gasteiger partial charge in [-0.25, -0.2) is 0 Å². The Bertz CT molecular complexity index is 1150. The molecule has 0 unspecified atom stereocenters. The summed E-state index contributed by atoms with van der Waals surface area (Å²) in [7, 11) is 1.63. The molecule has 5 nitrogen and oxygen atoms in total. The van der Waals surface area contributed by atoms with E-state index in [0.29, 0.717) is 18.7 Å². The van der Waals surface area contributed by atoms with Crippen LogP contribution in [0.15, 0.2) is 78.9 Å². The number of thioether (sulfide) groups is 1. The van der Waals surface area contributed by atoms with Crippen LogP contribution in [0.4, 0.5) is 0 Å². The number of nitrogens with zero attached hydrogens (tertiary/aromatic N) is 1. The minimum Gasteiger partial charge on any atom is -0.497 e. The fourth-order valence-corrected chi connectivity index (χ4v) is 4.96. The Balaban J connectivity index is 1.87. The van der Waals surface area contributed by atoms with Crippen LogP contribution in [0.25, 0.3) is 0 Å². The van der Waals surface area contributed by atoms with Crippen molar-refractivity contribution in [3.63, 3.8) is 0 Å². The summed E-state index contributed by atoms with van der Waals surface area (Å²) in [5, 5.41) is 3.12. The number of amides is 2. The zero-order valence-electron chi connectivity index (χ0n) is 22.3. The lowest BCUT2D eigenvalue weighted by Crippen LogP contribution is -2.52. The van der Waals surface area contributed by atoms with Crippen LogP contribution in [0.3, 0.4) is 0 Å². The summed E-state index contributed by atoms with van der Waals surface area (Å²) in [6.07, 6.45) is 1.27. The molecule has 0 spiro atoms. The second-order valence-electron chi connectivity index (χ2n) is 9.38. The quantitative estimate of drug-likeness (QED) is 0.311. The van der Waals surface area contributed by atoms with Crippen molar-refractivity contribution < 1.29 is 14.3 Å². The van der Waals surface area contributed by atoms with Gasteiger partial charge in [0.05, 0.1) is 12.9 Å². The number of methoxy groups -OCH3 is 1. The van der Waals surface area contributed by atoms with Gasteiger partial charge < -0.3 is 15.0 Å². The van der Waals surface area contributed by atoms with Crippen LogP contribution in [-0.4, -0.2) is 41.7 Å². The van der Waals surface area contributed by atoms with Gasteiger partial charge in [0.15, 0.2) is 0 Å². The first-order valence-corrected chi connectivity index (χ1v) is 13.9. The number of carbonyl (C=O) groups excluding carboxylic acids is 2. The Morgan fingerprint density at radius 2 is 1.65 bits per heavy atom. The average molecular weight is 519 g/mol. The maximum absolute atomic E-state index is 13.7. The van der Waals surface area contributed by atoms with E-state index in [1.807, 2.05) is 74.5 Å². The highest BCUT2D eigenvalue weighted by Gasteiger charge is 2.31. The molecule has 0 aliphatic carbocycles. The van der Waals surface area contributed by atoms with Crippen molar-refractivity contribution in [3.05, 3.63) is 101 Å². The molecule has 3 aromatic rings. The fourth-order valence-electron chi connectivity index (χ4n) is 4.10. The smallest absolute Gasteiger partial charge is 0.243 e. The van der Waals surface area contributed by atoms with Gasteiger partial charge in [0, 0.05) is 24.8 Å². The number of hydrogen-bond donors (Lipinski definition) is 1. The van der Waals surface area contributed by atoms with Crippen molar-refractivity contribution in [3.8, 4) is 5.75 Å². The number of nitrogens with one attached hydrogen (secondary N) is 1. The molecule has 6 heteroatoms. The van der Waals surface area contributed by atoms with E-state index < -0.39 is 6.04 Å². The summed E-state index contributed by atoms with van der Waals surface area (Å²) >= 11 is 1.58. The summed E-state index contributed by atoms with van der Waals surface area (Å²) in [6, 6.07) is 25.3. The summed E-state index contributed by atoms with van der Waals surface area (Å²) < 4.78 is 5.40. The SMILES string of the molecule is CC[C@@H](C)NC(=O)[C@@H](Cc1ccccc1)N(Cc1cccc(OC)c1)C(=O)CSCc1cccc(C)c1. The second kappa shape index (κ2) is 14.5. The van der Waals surface area contributed by atoms with Gasteiger partial charge >= 0.3 is 0 Å². The van der Waals surface area contributed by atoms with Crippen molar-refractivity contribution in [1.82, 2.24) is 10.2 Å². The van der Waals surface area contributed by atoms with Crippen molar-refractivity contribution in [2.75, 3.05) is 12.9 Å². The molecule has 0 fully saturated rings. The maximum Gasteiger partial charge on any atom is 0.243 e. The number of hydrogen-bond acceptors (Lipinski definition) is 4. The van der Waals surface area contributed by atoms with E-state index in [0.717, 1.165) is 29.1 Å². The van der Waals surface area contributed by atoms with E-state index in [2.05, 4.69) is 30.4 Å². The topological polar surface area (TPSA) is 58.6 Å². The minimum atomic E-state index is -0.630. The Kier molecular flexibility index (Phi) is 11.1. The highest BCUT2D eigenvalue weighted by atomic mass is 32.2. The van der Waals surface area contributed by atoms with Crippen molar-refractivity contribution >= 4 is 23.6 Å². The molecule has 0 aliphatic rings. The van der Waals surface area contributed by atoms with Crippen LogP contribution in [-0.2, 0) is 28.3 Å². The Morgan fingerprint density at radius 1 is 0.946 bits per heavy atom. The van der Waals surface area contributed by atoms with Gasteiger partial charge in [-0.3, -0.25) is 9.59 Å². The van der Waals surface area contributed by atoms with E-state index in [9.17, 15) is 9.59 Å². The third-order valence-corrected chi connectivity index (χ3v) is 7.32. The predicted molar refractivity (Wildman–Crippen MR) is 153 cm³/mol. The largest absolute Gasteiger partial charge is 0.497 e. The lowest BCUT2D eigenvalue weighted by molar-refractivity contribution is -0.139. The van der Waals surface area contributed by atoms with E-state index in [1.54, 1.807) is 23.8 Å². The molecular formula is C31H38N2O3S. The second-order valence-corrected chi connectivity index (χ2v) is 10.4. The molecule has 0 saturated heterocycles. The van der Waals surface area contributed by atoms with Crippen LogP contribution in [0.5, 0.6) is 5.75 Å². The zero-order chi connectivity index (χ0) is 26.6. The lowest BCUT2D eigenvalue weighted by atomic mass is 10.0. The van der Waals surface area contributed by atoms with Crippen LogP contribution in [0.1, 0.15) is 42.5 Å². The first-order valence-electron chi connectivity index (χ1n) is 12.8. The minimum absolute atomic E-state index is 0.0234. The molecule has 0 aliphatic heterocycles. The summed E-state index contributed by atoms with van der Waals surface area (Å²) in [6.45, 7) is 6.42. The van der Waals surface area contributed by atoms with Crippen molar-refractivity contribution in [1.29, 1.82) is 0 Å². The summed E-state index contributed by atoms with van der Waals surface area (Å²) in [4.78, 5) is 29.1. The van der Waals surface area contributed by atoms with Gasteiger partial charge in [-0.05, 0) is 49.1 Å². The number of ether oxygens (including phenoxy) is 1. The molecule has 0 bridgehead atoms. The van der Waals surface area contributed by atoms with Gasteiger partial charge in [-0.2, -0.15) is 0 Å². The summed E-state index contributed by atoms with van der Waals surface area (Å²) in [5.74, 6) is 1.57. The molecule has 1 N–H and O–H groups in total. The lowest BCUT2D eigenvalue weighted by Gasteiger charge is -2.32. The molecule has 0 saturated carbocycles. The highest BCUT2D eigenvalue weighted by Crippen LogP contribution is 2.21. The fraction of sp³-hybridized carbons (Fsp3) is 0.355. The van der Waals surface area contributed by atoms with E-state index in [1.165, 1.54) is 11.1 Å². The molecular weight excluding hydrogens is 480 g/mol.